The predicted molar refractivity (Wildman–Crippen MR) is 104 cm³/mol. The molecule has 0 aliphatic rings. The molecule has 0 unspecified atom stereocenters. The summed E-state index contributed by atoms with van der Waals surface area (Å²) in [6, 6.07) is 12.2. The lowest BCUT2D eigenvalue weighted by Crippen LogP contribution is -2.07. The molecule has 0 fully saturated rings. The maximum absolute atomic E-state index is 6.10. The largest absolute Gasteiger partial charge is 0.398 e. The maximum atomic E-state index is 6.10. The van der Waals surface area contributed by atoms with Crippen LogP contribution in [-0.2, 0) is 11.4 Å². The van der Waals surface area contributed by atoms with E-state index in [1.54, 1.807) is 0 Å². The topological polar surface area (TPSA) is 47.6 Å². The molecule has 0 aliphatic carbocycles. The molecule has 2 N–H and O–H groups in total. The molecule has 0 heterocycles. The third-order valence-electron chi connectivity index (χ3n) is 3.51. The van der Waals surface area contributed by atoms with Crippen molar-refractivity contribution in [1.29, 1.82) is 0 Å². The van der Waals surface area contributed by atoms with Gasteiger partial charge in [0, 0.05) is 15.7 Å². The minimum atomic E-state index is 0.444. The van der Waals surface area contributed by atoms with Crippen LogP contribution in [0.5, 0.6) is 0 Å². The fourth-order valence-corrected chi connectivity index (χ4v) is 3.12. The second-order valence-electron chi connectivity index (χ2n) is 5.79. The minimum Gasteiger partial charge on any atom is -0.398 e. The molecule has 0 bridgehead atoms. The number of nitrogens with two attached hydrogens (primary N) is 1. The molecule has 0 atom stereocenters. The number of halogens is 1. The minimum absolute atomic E-state index is 0.444. The van der Waals surface area contributed by atoms with Gasteiger partial charge in [-0.3, -0.25) is 0 Å². The highest BCUT2D eigenvalue weighted by Gasteiger charge is 2.08. The highest BCUT2D eigenvalue weighted by atomic mass is 79.9. The normalized spacial score (nSPS) is 11.5. The summed E-state index contributed by atoms with van der Waals surface area (Å²) in [4.78, 5) is 5.61. The lowest BCUT2D eigenvalue weighted by atomic mass is 9.95. The number of anilines is 1. The first-order valence-corrected chi connectivity index (χ1v) is 8.60. The van der Waals surface area contributed by atoms with Crippen LogP contribution in [0.1, 0.15) is 36.5 Å². The van der Waals surface area contributed by atoms with Crippen LogP contribution in [0.15, 0.2) is 46.0 Å². The summed E-state index contributed by atoms with van der Waals surface area (Å²) in [6.45, 7) is 4.62. The quantitative estimate of drug-likeness (QED) is 0.366. The van der Waals surface area contributed by atoms with Gasteiger partial charge in [-0.15, -0.1) is 0 Å². The van der Waals surface area contributed by atoms with Crippen molar-refractivity contribution in [1.82, 2.24) is 0 Å². The van der Waals surface area contributed by atoms with Crippen LogP contribution in [0, 0.1) is 6.92 Å². The Morgan fingerprint density at radius 2 is 2.04 bits per heavy atom. The van der Waals surface area contributed by atoms with E-state index in [4.69, 9.17) is 10.6 Å². The molecule has 2 aromatic rings. The first-order valence-electron chi connectivity index (χ1n) is 7.81. The first-order chi connectivity index (χ1) is 11.0. The van der Waals surface area contributed by atoms with Crippen molar-refractivity contribution in [3.63, 3.8) is 0 Å². The predicted octanol–water partition coefficient (Wildman–Crippen LogP) is 3.32. The van der Waals surface area contributed by atoms with Gasteiger partial charge in [-0.1, -0.05) is 63.7 Å². The second-order valence-corrected chi connectivity index (χ2v) is 6.70. The molecule has 0 radical (unpaired) electrons. The Morgan fingerprint density at radius 3 is 2.74 bits per heavy atom. The van der Waals surface area contributed by atoms with Crippen molar-refractivity contribution >= 4 is 40.6 Å². The fourth-order valence-electron chi connectivity index (χ4n) is 2.47. The molecular formula is C18H22BBrN2O. The van der Waals surface area contributed by atoms with Crippen molar-refractivity contribution < 1.29 is 4.84 Å². The van der Waals surface area contributed by atoms with Crippen molar-refractivity contribution in [3.8, 4) is 0 Å². The van der Waals surface area contributed by atoms with E-state index in [9.17, 15) is 0 Å². The number of rotatable bonds is 6. The summed E-state index contributed by atoms with van der Waals surface area (Å²) in [5.74, 6) is 0. The number of nitrogen functional groups attached to an aromatic ring is 1. The molecule has 3 nitrogen and oxygen atoms in total. The van der Waals surface area contributed by atoms with E-state index in [0.717, 1.165) is 39.8 Å². The van der Waals surface area contributed by atoms with Gasteiger partial charge in [0.15, 0.2) is 0 Å². The smallest absolute Gasteiger partial charge is 0.142 e. The van der Waals surface area contributed by atoms with Crippen LogP contribution in [-0.4, -0.2) is 13.6 Å². The molecule has 23 heavy (non-hydrogen) atoms. The molecule has 5 heteroatoms. The maximum Gasteiger partial charge on any atom is 0.142 e. The number of aryl methyl sites for hydroxylation is 1. The Labute approximate surface area is 147 Å². The lowest BCUT2D eigenvalue weighted by molar-refractivity contribution is 0.130. The Hall–Kier alpha value is -1.75. The summed E-state index contributed by atoms with van der Waals surface area (Å²) in [5.41, 5.74) is 12.2. The Morgan fingerprint density at radius 1 is 1.26 bits per heavy atom. The zero-order chi connectivity index (χ0) is 16.8. The molecule has 0 saturated carbocycles. The summed E-state index contributed by atoms with van der Waals surface area (Å²) in [7, 11) is 2.06. The van der Waals surface area contributed by atoms with Crippen molar-refractivity contribution in [3.05, 3.63) is 57.6 Å². The Balaban J connectivity index is 2.17. The molecular weight excluding hydrogens is 351 g/mol. The van der Waals surface area contributed by atoms with E-state index >= 15 is 0 Å². The van der Waals surface area contributed by atoms with Gasteiger partial charge < -0.3 is 10.6 Å². The second kappa shape index (κ2) is 8.20. The summed E-state index contributed by atoms with van der Waals surface area (Å²) in [6.07, 6.45) is 1.83. The van der Waals surface area contributed by atoms with E-state index in [1.165, 1.54) is 11.0 Å². The van der Waals surface area contributed by atoms with Crippen LogP contribution >= 0.6 is 15.9 Å². The molecule has 2 aromatic carbocycles. The number of hydrogen-bond donors (Lipinski definition) is 1. The van der Waals surface area contributed by atoms with Gasteiger partial charge in [0.25, 0.3) is 0 Å². The SMILES string of the molecule is Bc1cc(Br)cc(CO/N=C(\CCC)c2cc(C)ccc2N)c1. The first kappa shape index (κ1) is 17.6. The van der Waals surface area contributed by atoms with E-state index in [-0.39, 0.29) is 0 Å². The van der Waals surface area contributed by atoms with Gasteiger partial charge in [0.05, 0.1) is 5.71 Å². The third-order valence-corrected chi connectivity index (χ3v) is 3.97. The van der Waals surface area contributed by atoms with Crippen LogP contribution in [0.2, 0.25) is 0 Å². The molecule has 0 aliphatic heterocycles. The Kier molecular flexibility index (Phi) is 6.28. The highest BCUT2D eigenvalue weighted by molar-refractivity contribution is 9.10. The average molecular weight is 373 g/mol. The summed E-state index contributed by atoms with van der Waals surface area (Å²) >= 11 is 3.50. The lowest BCUT2D eigenvalue weighted by Gasteiger charge is -2.10. The zero-order valence-electron chi connectivity index (χ0n) is 13.9. The molecule has 120 valence electrons. The van der Waals surface area contributed by atoms with E-state index < -0.39 is 0 Å². The third kappa shape index (κ3) is 5.14. The Bertz CT molecular complexity index is 696. The molecule has 0 amide bonds. The van der Waals surface area contributed by atoms with Crippen LogP contribution in [0.3, 0.4) is 0 Å². The summed E-state index contributed by atoms with van der Waals surface area (Å²) < 4.78 is 1.05. The summed E-state index contributed by atoms with van der Waals surface area (Å²) in [5, 5.41) is 4.36. The van der Waals surface area contributed by atoms with Crippen molar-refractivity contribution in [2.24, 2.45) is 5.16 Å². The molecule has 2 rings (SSSR count). The molecule has 0 spiro atoms. The highest BCUT2D eigenvalue weighted by Crippen LogP contribution is 2.18. The number of oxime groups is 1. The van der Waals surface area contributed by atoms with Gasteiger partial charge in [-0.2, -0.15) is 0 Å². The van der Waals surface area contributed by atoms with Gasteiger partial charge in [-0.25, -0.2) is 0 Å². The zero-order valence-corrected chi connectivity index (χ0v) is 15.5. The van der Waals surface area contributed by atoms with Gasteiger partial charge in [-0.05, 0) is 37.1 Å². The average Bonchev–Trinajstić information content (AvgIpc) is 2.48. The number of benzene rings is 2. The number of hydrogen-bond acceptors (Lipinski definition) is 3. The van der Waals surface area contributed by atoms with Gasteiger partial charge in [0.2, 0.25) is 0 Å². The van der Waals surface area contributed by atoms with Gasteiger partial charge in [0.1, 0.15) is 14.5 Å². The van der Waals surface area contributed by atoms with E-state index in [2.05, 4.69) is 61.0 Å². The fraction of sp³-hybridized carbons (Fsp3) is 0.278. The van der Waals surface area contributed by atoms with Crippen molar-refractivity contribution in [2.75, 3.05) is 5.73 Å². The van der Waals surface area contributed by atoms with Crippen molar-refractivity contribution in [2.45, 2.75) is 33.3 Å². The van der Waals surface area contributed by atoms with Crippen LogP contribution in [0.25, 0.3) is 0 Å². The van der Waals surface area contributed by atoms with E-state index in [1.807, 2.05) is 18.2 Å². The standard InChI is InChI=1S/C18H22BBrN2O/c1-3-4-18(16-7-12(2)5-6-17(16)21)22-23-11-13-8-14(19)10-15(20)9-13/h5-10H,3-4,11,19,21H2,1-2H3/b22-18+. The van der Waals surface area contributed by atoms with Crippen LogP contribution in [0.4, 0.5) is 5.69 Å². The molecule has 0 aromatic heterocycles. The monoisotopic (exact) mass is 372 g/mol. The van der Waals surface area contributed by atoms with Crippen LogP contribution < -0.4 is 11.2 Å². The van der Waals surface area contributed by atoms with E-state index in [0.29, 0.717) is 6.61 Å². The number of nitrogens with zero attached hydrogens (tertiary/aromatic N) is 1. The van der Waals surface area contributed by atoms with Gasteiger partial charge >= 0.3 is 0 Å². The molecule has 0 saturated heterocycles.